The summed E-state index contributed by atoms with van der Waals surface area (Å²) in [6, 6.07) is 19.5. The Kier molecular flexibility index (Phi) is 5.46. The van der Waals surface area contributed by atoms with Crippen molar-refractivity contribution in [3.63, 3.8) is 0 Å². The second kappa shape index (κ2) is 7.77. The average Bonchev–Trinajstić information content (AvgIpc) is 2.65. The van der Waals surface area contributed by atoms with Crippen LogP contribution in [0.3, 0.4) is 0 Å². The quantitative estimate of drug-likeness (QED) is 0.717. The Morgan fingerprint density at radius 2 is 1.65 bits per heavy atom. The molecule has 1 aliphatic rings. The van der Waals surface area contributed by atoms with Crippen molar-refractivity contribution in [1.29, 1.82) is 0 Å². The minimum Gasteiger partial charge on any atom is -0.512 e. The lowest BCUT2D eigenvalue weighted by Gasteiger charge is -2.38. The first-order valence-corrected chi connectivity index (χ1v) is 9.24. The van der Waals surface area contributed by atoms with Gasteiger partial charge in [-0.2, -0.15) is 0 Å². The van der Waals surface area contributed by atoms with Crippen LogP contribution < -0.4 is 0 Å². The summed E-state index contributed by atoms with van der Waals surface area (Å²) in [7, 11) is 0. The first-order valence-electron chi connectivity index (χ1n) is 9.24. The molecular formula is C23H26O3. The third-order valence-electron chi connectivity index (χ3n) is 4.98. The molecule has 136 valence electrons. The molecule has 3 rings (SSSR count). The van der Waals surface area contributed by atoms with E-state index < -0.39 is 11.6 Å². The summed E-state index contributed by atoms with van der Waals surface area (Å²) < 4.78 is 6.01. The first-order chi connectivity index (χ1) is 12.5. The van der Waals surface area contributed by atoms with Crippen LogP contribution in [0.25, 0.3) is 0 Å². The summed E-state index contributed by atoms with van der Waals surface area (Å²) in [5.74, 6) is 0.231. The zero-order valence-electron chi connectivity index (χ0n) is 15.4. The van der Waals surface area contributed by atoms with Gasteiger partial charge in [-0.15, -0.1) is 0 Å². The van der Waals surface area contributed by atoms with Crippen molar-refractivity contribution in [1.82, 2.24) is 0 Å². The average molecular weight is 350 g/mol. The molecule has 26 heavy (non-hydrogen) atoms. The van der Waals surface area contributed by atoms with E-state index in [0.717, 1.165) is 17.5 Å². The molecule has 1 atom stereocenters. The Balaban J connectivity index is 1.92. The highest BCUT2D eigenvalue weighted by Gasteiger charge is 2.43. The predicted octanol–water partition coefficient (Wildman–Crippen LogP) is 5.32. The number of hydrogen-bond donors (Lipinski definition) is 1. The van der Waals surface area contributed by atoms with Crippen molar-refractivity contribution in [3.05, 3.63) is 83.1 Å². The maximum absolute atomic E-state index is 12.8. The fourth-order valence-corrected chi connectivity index (χ4v) is 3.45. The number of rotatable bonds is 6. The lowest BCUT2D eigenvalue weighted by molar-refractivity contribution is -0.162. The molecule has 2 aromatic carbocycles. The summed E-state index contributed by atoms with van der Waals surface area (Å²) in [5.41, 5.74) is 1.51. The Hall–Kier alpha value is -2.55. The van der Waals surface area contributed by atoms with Gasteiger partial charge in [-0.25, -0.2) is 4.79 Å². The van der Waals surface area contributed by atoms with Gasteiger partial charge >= 0.3 is 5.97 Å². The second-order valence-corrected chi connectivity index (χ2v) is 7.45. The van der Waals surface area contributed by atoms with E-state index in [2.05, 4.69) is 13.8 Å². The van der Waals surface area contributed by atoms with E-state index in [4.69, 9.17) is 4.74 Å². The molecule has 0 saturated carbocycles. The summed E-state index contributed by atoms with van der Waals surface area (Å²) >= 11 is 0. The smallest absolute Gasteiger partial charge is 0.338 e. The fourth-order valence-electron chi connectivity index (χ4n) is 3.45. The van der Waals surface area contributed by atoms with E-state index in [0.29, 0.717) is 30.8 Å². The van der Waals surface area contributed by atoms with Crippen LogP contribution in [-0.4, -0.2) is 11.1 Å². The second-order valence-electron chi connectivity index (χ2n) is 7.45. The van der Waals surface area contributed by atoms with E-state index in [1.54, 1.807) is 0 Å². The number of aliphatic hydroxyl groups is 1. The van der Waals surface area contributed by atoms with E-state index in [1.807, 2.05) is 60.7 Å². The van der Waals surface area contributed by atoms with E-state index in [-0.39, 0.29) is 5.76 Å². The number of esters is 1. The van der Waals surface area contributed by atoms with Crippen molar-refractivity contribution in [2.45, 2.75) is 45.1 Å². The molecule has 1 aliphatic heterocycles. The summed E-state index contributed by atoms with van der Waals surface area (Å²) in [5, 5.41) is 10.7. The van der Waals surface area contributed by atoms with Crippen LogP contribution in [0.4, 0.5) is 0 Å². The molecule has 0 aliphatic carbocycles. The van der Waals surface area contributed by atoms with Crippen LogP contribution in [0.5, 0.6) is 0 Å². The van der Waals surface area contributed by atoms with E-state index in [9.17, 15) is 9.90 Å². The van der Waals surface area contributed by atoms with Crippen molar-refractivity contribution < 1.29 is 14.6 Å². The molecule has 1 unspecified atom stereocenters. The van der Waals surface area contributed by atoms with Gasteiger partial charge in [-0.1, -0.05) is 74.5 Å². The van der Waals surface area contributed by atoms with Crippen molar-refractivity contribution in [2.75, 3.05) is 0 Å². The van der Waals surface area contributed by atoms with Gasteiger partial charge in [-0.3, -0.25) is 0 Å². The third-order valence-corrected chi connectivity index (χ3v) is 4.98. The van der Waals surface area contributed by atoms with Crippen LogP contribution in [0.15, 0.2) is 72.0 Å². The Bertz CT molecular complexity index is 778. The number of aliphatic hydroxyl groups excluding tert-OH is 1. The van der Waals surface area contributed by atoms with Crippen LogP contribution >= 0.6 is 0 Å². The molecular weight excluding hydrogens is 324 g/mol. The molecule has 2 aromatic rings. The standard InChI is InChI=1S/C23H26O3/c1-17(2)13-14-23(19-11-7-4-8-12-19)16-21(24)20(22(25)26-23)15-18-9-5-3-6-10-18/h3-12,17,24H,13-16H2,1-2H3. The van der Waals surface area contributed by atoms with Crippen LogP contribution in [0, 0.1) is 5.92 Å². The number of carbonyl (C=O) groups excluding carboxylic acids is 1. The van der Waals surface area contributed by atoms with Crippen LogP contribution in [0.2, 0.25) is 0 Å². The van der Waals surface area contributed by atoms with Crippen molar-refractivity contribution >= 4 is 5.97 Å². The van der Waals surface area contributed by atoms with E-state index in [1.165, 1.54) is 0 Å². The van der Waals surface area contributed by atoms with Gasteiger partial charge in [0, 0.05) is 12.8 Å². The highest BCUT2D eigenvalue weighted by molar-refractivity contribution is 5.91. The monoisotopic (exact) mass is 350 g/mol. The number of cyclic esters (lactones) is 1. The van der Waals surface area contributed by atoms with Gasteiger partial charge in [0.05, 0.1) is 5.57 Å². The zero-order chi connectivity index (χ0) is 18.6. The molecule has 0 aromatic heterocycles. The molecule has 0 fully saturated rings. The molecule has 1 N–H and O–H groups in total. The minimum absolute atomic E-state index is 0.151. The normalized spacial score (nSPS) is 20.3. The number of hydrogen-bond acceptors (Lipinski definition) is 3. The summed E-state index contributed by atoms with van der Waals surface area (Å²) in [6.45, 7) is 4.31. The van der Waals surface area contributed by atoms with Gasteiger partial charge in [0.1, 0.15) is 11.4 Å². The lowest BCUT2D eigenvalue weighted by Crippen LogP contribution is -2.38. The lowest BCUT2D eigenvalue weighted by atomic mass is 9.80. The van der Waals surface area contributed by atoms with Gasteiger partial charge in [0.2, 0.25) is 0 Å². The highest BCUT2D eigenvalue weighted by Crippen LogP contribution is 2.42. The summed E-state index contributed by atoms with van der Waals surface area (Å²) in [6.07, 6.45) is 2.34. The fraction of sp³-hybridized carbons (Fsp3) is 0.348. The SMILES string of the molecule is CC(C)CCC1(c2ccccc2)CC(O)=C(Cc2ccccc2)C(=O)O1. The molecule has 3 nitrogen and oxygen atoms in total. The molecule has 0 amide bonds. The van der Waals surface area contributed by atoms with Crippen LogP contribution in [-0.2, 0) is 21.6 Å². The Morgan fingerprint density at radius 1 is 1.04 bits per heavy atom. The molecule has 0 saturated heterocycles. The van der Waals surface area contributed by atoms with Crippen molar-refractivity contribution in [2.24, 2.45) is 5.92 Å². The number of ether oxygens (including phenoxy) is 1. The van der Waals surface area contributed by atoms with Crippen molar-refractivity contribution in [3.8, 4) is 0 Å². The number of carbonyl (C=O) groups is 1. The third kappa shape index (κ3) is 3.98. The Labute approximate surface area is 155 Å². The largest absolute Gasteiger partial charge is 0.512 e. The van der Waals surface area contributed by atoms with Crippen LogP contribution in [0.1, 0.15) is 44.2 Å². The molecule has 3 heteroatoms. The van der Waals surface area contributed by atoms with Gasteiger partial charge in [-0.05, 0) is 29.9 Å². The summed E-state index contributed by atoms with van der Waals surface area (Å²) in [4.78, 5) is 12.8. The predicted molar refractivity (Wildman–Crippen MR) is 103 cm³/mol. The topological polar surface area (TPSA) is 46.5 Å². The van der Waals surface area contributed by atoms with E-state index >= 15 is 0 Å². The van der Waals surface area contributed by atoms with Gasteiger partial charge in [0.15, 0.2) is 0 Å². The Morgan fingerprint density at radius 3 is 2.23 bits per heavy atom. The number of benzene rings is 2. The van der Waals surface area contributed by atoms with Gasteiger partial charge < -0.3 is 9.84 Å². The molecule has 0 spiro atoms. The maximum atomic E-state index is 12.8. The molecule has 0 radical (unpaired) electrons. The van der Waals surface area contributed by atoms with Gasteiger partial charge in [0.25, 0.3) is 0 Å². The first kappa shape index (κ1) is 18.2. The highest BCUT2D eigenvalue weighted by atomic mass is 16.6. The maximum Gasteiger partial charge on any atom is 0.338 e. The molecule has 0 bridgehead atoms. The minimum atomic E-state index is -0.785. The molecule has 1 heterocycles. The zero-order valence-corrected chi connectivity index (χ0v) is 15.4.